The van der Waals surface area contributed by atoms with Crippen molar-refractivity contribution >= 4 is 42.1 Å². The van der Waals surface area contributed by atoms with Crippen LogP contribution in [-0.4, -0.2) is 78.5 Å². The summed E-state index contributed by atoms with van der Waals surface area (Å²) in [5, 5.41) is 11.7. The van der Waals surface area contributed by atoms with E-state index in [1.54, 1.807) is 19.9 Å². The van der Waals surface area contributed by atoms with Gasteiger partial charge in [0.25, 0.3) is 0 Å². The first-order valence-electron chi connectivity index (χ1n) is 12.9. The van der Waals surface area contributed by atoms with E-state index >= 15 is 0 Å². The van der Waals surface area contributed by atoms with Crippen molar-refractivity contribution in [1.82, 2.24) is 25.4 Å². The molecule has 2 aromatic heterocycles. The normalized spacial score (nSPS) is 12.2. The van der Waals surface area contributed by atoms with Crippen LogP contribution in [0, 0.1) is 6.92 Å². The van der Waals surface area contributed by atoms with Gasteiger partial charge >= 0.3 is 206 Å². The van der Waals surface area contributed by atoms with Crippen LogP contribution in [0.25, 0.3) is 5.82 Å². The Morgan fingerprint density at radius 3 is 2.44 bits per heavy atom. The third-order valence-corrected chi connectivity index (χ3v) is 6.04. The van der Waals surface area contributed by atoms with E-state index in [9.17, 15) is 35.9 Å². The van der Waals surface area contributed by atoms with Crippen LogP contribution >= 0.6 is 0 Å². The average molecular weight is 607 g/mol. The van der Waals surface area contributed by atoms with Gasteiger partial charge in [0.15, 0.2) is 0 Å². The predicted octanol–water partition coefficient (Wildman–Crippen LogP) is 3.12. The summed E-state index contributed by atoms with van der Waals surface area (Å²) in [6.07, 6.45) is -8.71. The van der Waals surface area contributed by atoms with E-state index in [4.69, 9.17) is 0 Å². The van der Waals surface area contributed by atoms with Gasteiger partial charge in [-0.2, -0.15) is 13.2 Å². The maximum absolute atomic E-state index is 13.9. The molecule has 0 atom stereocenters. The van der Waals surface area contributed by atoms with E-state index in [1.165, 1.54) is 20.0 Å². The van der Waals surface area contributed by atoms with Crippen LogP contribution in [0.1, 0.15) is 44.6 Å². The third-order valence-electron chi connectivity index (χ3n) is 6.04. The van der Waals surface area contributed by atoms with Crippen LogP contribution in [0.15, 0.2) is 41.5 Å². The van der Waals surface area contributed by atoms with Crippen molar-refractivity contribution in [2.24, 2.45) is 4.99 Å². The molecule has 0 fully saturated rings. The van der Waals surface area contributed by atoms with E-state index < -0.39 is 60.0 Å². The van der Waals surface area contributed by atoms with E-state index in [-0.39, 0.29) is 29.9 Å². The standard InChI is InChI=1S/C27H28BF6N7O2/c1-5-36-24(42)18-12-16(28-3)11-15(2)22(18)39-25(43)20-13-17(8-10-37-21(14-35-4)27(32,33)34)40-41(20)23-19(26(29,30)31)7-6-9-38-23/h6-7,9,11-13,35H,3,5,8,10,14H2,1-2,4H3,(H,36,42)(H,39,43). The summed E-state index contributed by atoms with van der Waals surface area (Å²) in [5.41, 5.74) is -1.45. The molecule has 0 aliphatic carbocycles. The summed E-state index contributed by atoms with van der Waals surface area (Å²) >= 11 is 0. The molecular formula is C27H28BF6N7O2. The Morgan fingerprint density at radius 2 is 1.84 bits per heavy atom. The van der Waals surface area contributed by atoms with Crippen molar-refractivity contribution in [3.63, 3.8) is 0 Å². The van der Waals surface area contributed by atoms with Crippen molar-refractivity contribution in [2.75, 3.05) is 32.0 Å². The Balaban J connectivity index is 2.11. The molecular weight excluding hydrogens is 579 g/mol. The van der Waals surface area contributed by atoms with Crippen LogP contribution in [0.2, 0.25) is 0 Å². The molecule has 0 aliphatic heterocycles. The molecule has 2 heterocycles. The molecule has 9 nitrogen and oxygen atoms in total. The number of pyridine rings is 1. The molecule has 0 radical (unpaired) electrons. The summed E-state index contributed by atoms with van der Waals surface area (Å²) in [6, 6.07) is 6.11. The van der Waals surface area contributed by atoms with Crippen LogP contribution in [0.3, 0.4) is 0 Å². The number of anilines is 1. The average Bonchev–Trinajstić information content (AvgIpc) is 3.36. The first-order valence-corrected chi connectivity index (χ1v) is 12.9. The number of amides is 2. The number of aromatic nitrogens is 3. The van der Waals surface area contributed by atoms with Crippen molar-refractivity contribution in [1.29, 1.82) is 0 Å². The number of nitrogens with one attached hydrogen (secondary N) is 3. The predicted molar refractivity (Wildman–Crippen MR) is 152 cm³/mol. The first kappa shape index (κ1) is 33.2. The molecule has 3 rings (SSSR count). The van der Waals surface area contributed by atoms with Crippen LogP contribution in [0.5, 0.6) is 0 Å². The van der Waals surface area contributed by atoms with Crippen molar-refractivity contribution in [2.45, 2.75) is 32.6 Å². The number of benzene rings is 1. The second-order valence-corrected chi connectivity index (χ2v) is 9.19. The minimum atomic E-state index is -4.87. The maximum atomic E-state index is 13.9. The van der Waals surface area contributed by atoms with Crippen LogP contribution in [0.4, 0.5) is 32.0 Å². The first-order chi connectivity index (χ1) is 20.2. The zero-order chi connectivity index (χ0) is 31.9. The van der Waals surface area contributed by atoms with Gasteiger partial charge in [-0.1, -0.05) is 0 Å². The molecule has 3 N–H and O–H groups in total. The second kappa shape index (κ2) is 13.8. The number of alkyl halides is 6. The van der Waals surface area contributed by atoms with Gasteiger partial charge in [0.05, 0.1) is 0 Å². The van der Waals surface area contributed by atoms with Crippen molar-refractivity contribution in [3.05, 3.63) is 64.6 Å². The number of carbonyl (C=O) groups excluding carboxylic acids is 2. The summed E-state index contributed by atoms with van der Waals surface area (Å²) in [4.78, 5) is 33.8. The topological polar surface area (TPSA) is 113 Å². The van der Waals surface area contributed by atoms with Gasteiger partial charge in [0, 0.05) is 6.54 Å². The number of carbonyl (C=O) groups is 2. The van der Waals surface area contributed by atoms with Gasteiger partial charge in [-0.15, -0.1) is 0 Å². The molecule has 1 aromatic carbocycles. The molecule has 0 unspecified atom stereocenters. The summed E-state index contributed by atoms with van der Waals surface area (Å²) in [5.74, 6) is -2.17. The number of nitrogens with zero attached hydrogens (tertiary/aromatic N) is 4. The SMILES string of the molecule is C=Bc1cc(C)c(NC(=O)c2cc(CCN=C(CNC)C(F)(F)F)nn2-c2ncccc2C(F)(F)F)c(C(=O)NCC)c1. The number of aliphatic imine (C=N–C) groups is 1. The van der Waals surface area contributed by atoms with Gasteiger partial charge in [-0.05, 0) is 7.05 Å². The number of hydrogen-bond donors (Lipinski definition) is 3. The third kappa shape index (κ3) is 8.15. The monoisotopic (exact) mass is 607 g/mol. The van der Waals surface area contributed by atoms with Crippen LogP contribution in [-0.2, 0) is 12.6 Å². The fourth-order valence-corrected chi connectivity index (χ4v) is 4.09. The van der Waals surface area contributed by atoms with Crippen LogP contribution < -0.4 is 21.4 Å². The molecule has 228 valence electrons. The van der Waals surface area contributed by atoms with Gasteiger partial charge in [-0.3, -0.25) is 0 Å². The fraction of sp³-hybridized carbons (Fsp3) is 0.333. The summed E-state index contributed by atoms with van der Waals surface area (Å²) in [7, 11) is 1.32. The molecule has 3 aromatic rings. The van der Waals surface area contributed by atoms with Gasteiger partial charge in [0.1, 0.15) is 5.71 Å². The Hall–Kier alpha value is -4.34. The number of halogens is 6. The minimum absolute atomic E-state index is 0.0127. The molecule has 0 spiro atoms. The number of aryl methyl sites for hydroxylation is 1. The van der Waals surface area contributed by atoms with Crippen molar-refractivity contribution in [3.8, 4) is 5.82 Å². The molecule has 0 bridgehead atoms. The summed E-state index contributed by atoms with van der Waals surface area (Å²) in [6.45, 7) is 7.84. The molecule has 16 heteroatoms. The molecule has 0 saturated heterocycles. The molecule has 2 amide bonds. The Kier molecular flexibility index (Phi) is 10.6. The molecule has 0 aliphatic rings. The van der Waals surface area contributed by atoms with E-state index in [1.807, 2.05) is 0 Å². The fourth-order valence-electron chi connectivity index (χ4n) is 4.09. The molecule has 0 saturated carbocycles. The van der Waals surface area contributed by atoms with E-state index in [2.05, 4.69) is 37.5 Å². The number of hydrogen-bond acceptors (Lipinski definition) is 6. The quantitative estimate of drug-likeness (QED) is 0.176. The summed E-state index contributed by atoms with van der Waals surface area (Å²) < 4.78 is 81.9. The Bertz CT molecular complexity index is 1530. The van der Waals surface area contributed by atoms with Gasteiger partial charge in [0.2, 0.25) is 0 Å². The van der Waals surface area contributed by atoms with E-state index in [0.29, 0.717) is 15.7 Å². The number of rotatable bonds is 11. The van der Waals surface area contributed by atoms with Gasteiger partial charge < -0.3 is 5.32 Å². The molecule has 43 heavy (non-hydrogen) atoms. The Morgan fingerprint density at radius 1 is 1.12 bits per heavy atom. The Labute approximate surface area is 243 Å². The zero-order valence-corrected chi connectivity index (χ0v) is 23.5. The van der Waals surface area contributed by atoms with Crippen molar-refractivity contribution < 1.29 is 35.9 Å². The second-order valence-electron chi connectivity index (χ2n) is 9.19. The van der Waals surface area contributed by atoms with Gasteiger partial charge in [-0.25, -0.2) is 0 Å². The van der Waals surface area contributed by atoms with E-state index in [0.717, 1.165) is 24.4 Å². The zero-order valence-electron chi connectivity index (χ0n) is 23.5.